The molecule has 4 nitrogen and oxygen atoms in total. The number of thiocarbonyl (C=S) groups is 1. The number of nitrogens with two attached hydrogens (primary N) is 1. The van der Waals surface area contributed by atoms with E-state index in [0.29, 0.717) is 15.6 Å². The molecule has 0 bridgehead atoms. The number of sulfonamides is 1. The first-order valence-electron chi connectivity index (χ1n) is 6.76. The number of rotatable bonds is 8. The zero-order valence-electron chi connectivity index (χ0n) is 12.1. The van der Waals surface area contributed by atoms with E-state index in [9.17, 15) is 8.42 Å². The van der Waals surface area contributed by atoms with Crippen LogP contribution in [-0.4, -0.2) is 30.3 Å². The van der Waals surface area contributed by atoms with Gasteiger partial charge in [-0.15, -0.1) is 11.3 Å². The molecule has 0 radical (unpaired) electrons. The number of nitrogens with zero attached hydrogens (tertiary/aromatic N) is 1. The van der Waals surface area contributed by atoms with E-state index in [1.807, 2.05) is 13.8 Å². The lowest BCUT2D eigenvalue weighted by Crippen LogP contribution is -2.38. The molecule has 1 heterocycles. The molecule has 114 valence electrons. The summed E-state index contributed by atoms with van der Waals surface area (Å²) >= 11 is 6.03. The fraction of sp³-hybridized carbons (Fsp3) is 0.615. The second-order valence-electron chi connectivity index (χ2n) is 4.71. The van der Waals surface area contributed by atoms with Gasteiger partial charge in [0.25, 0.3) is 10.0 Å². The molecule has 1 unspecified atom stereocenters. The molecule has 0 aliphatic heterocycles. The summed E-state index contributed by atoms with van der Waals surface area (Å²) in [6.45, 7) is 6.54. The Hall–Kier alpha value is -0.500. The van der Waals surface area contributed by atoms with Crippen LogP contribution in [0.25, 0.3) is 0 Å². The van der Waals surface area contributed by atoms with E-state index in [0.717, 1.165) is 30.6 Å². The normalized spacial score (nSPS) is 13.6. The molecule has 0 saturated carbocycles. The van der Waals surface area contributed by atoms with Crippen LogP contribution >= 0.6 is 23.6 Å². The SMILES string of the molecule is CCCCN(C(C)CC)S(=O)(=O)c1ccc(C(N)=S)s1. The van der Waals surface area contributed by atoms with Crippen molar-refractivity contribution in [1.82, 2.24) is 4.31 Å². The van der Waals surface area contributed by atoms with Gasteiger partial charge < -0.3 is 5.73 Å². The molecule has 7 heteroatoms. The number of hydrogen-bond acceptors (Lipinski definition) is 4. The van der Waals surface area contributed by atoms with E-state index < -0.39 is 10.0 Å². The Morgan fingerprint density at radius 2 is 2.10 bits per heavy atom. The monoisotopic (exact) mass is 334 g/mol. The number of unbranched alkanes of at least 4 members (excludes halogenated alkanes) is 1. The third kappa shape index (κ3) is 4.00. The predicted octanol–water partition coefficient (Wildman–Crippen LogP) is 2.97. The lowest BCUT2D eigenvalue weighted by Gasteiger charge is -2.26. The van der Waals surface area contributed by atoms with Crippen molar-refractivity contribution in [1.29, 1.82) is 0 Å². The van der Waals surface area contributed by atoms with E-state index in [4.69, 9.17) is 18.0 Å². The van der Waals surface area contributed by atoms with Crippen molar-refractivity contribution < 1.29 is 8.42 Å². The summed E-state index contributed by atoms with van der Waals surface area (Å²) < 4.78 is 27.4. The Morgan fingerprint density at radius 3 is 2.55 bits per heavy atom. The summed E-state index contributed by atoms with van der Waals surface area (Å²) in [7, 11) is -3.46. The highest BCUT2D eigenvalue weighted by Gasteiger charge is 2.29. The molecule has 0 amide bonds. The van der Waals surface area contributed by atoms with Crippen molar-refractivity contribution in [2.75, 3.05) is 6.54 Å². The zero-order valence-corrected chi connectivity index (χ0v) is 14.6. The number of thiophene rings is 1. The summed E-state index contributed by atoms with van der Waals surface area (Å²) in [6.07, 6.45) is 2.61. The van der Waals surface area contributed by atoms with E-state index in [1.54, 1.807) is 16.4 Å². The van der Waals surface area contributed by atoms with Gasteiger partial charge in [0.1, 0.15) is 9.20 Å². The van der Waals surface area contributed by atoms with Crippen LogP contribution in [0.1, 0.15) is 44.9 Å². The molecular weight excluding hydrogens is 312 g/mol. The molecule has 0 spiro atoms. The summed E-state index contributed by atoms with van der Waals surface area (Å²) in [5.41, 5.74) is 5.55. The predicted molar refractivity (Wildman–Crippen MR) is 88.8 cm³/mol. The first-order valence-corrected chi connectivity index (χ1v) is 9.42. The molecule has 0 aromatic carbocycles. The van der Waals surface area contributed by atoms with Gasteiger partial charge in [0.15, 0.2) is 0 Å². The Labute approximate surface area is 131 Å². The molecule has 1 atom stereocenters. The van der Waals surface area contributed by atoms with Crippen LogP contribution in [0.4, 0.5) is 0 Å². The minimum absolute atomic E-state index is 0.0121. The van der Waals surface area contributed by atoms with Gasteiger partial charge in [-0.2, -0.15) is 4.31 Å². The Morgan fingerprint density at radius 1 is 1.45 bits per heavy atom. The third-order valence-corrected chi connectivity index (χ3v) is 7.15. The third-order valence-electron chi connectivity index (χ3n) is 3.20. The Bertz CT molecular complexity index is 552. The molecule has 2 N–H and O–H groups in total. The van der Waals surface area contributed by atoms with Gasteiger partial charge in [0, 0.05) is 12.6 Å². The van der Waals surface area contributed by atoms with E-state index >= 15 is 0 Å². The van der Waals surface area contributed by atoms with Crippen LogP contribution in [0, 0.1) is 0 Å². The number of hydrogen-bond donors (Lipinski definition) is 1. The van der Waals surface area contributed by atoms with Crippen molar-refractivity contribution >= 4 is 38.6 Å². The Kier molecular flexibility index (Phi) is 6.57. The van der Waals surface area contributed by atoms with Crippen LogP contribution < -0.4 is 5.73 Å². The van der Waals surface area contributed by atoms with Crippen molar-refractivity contribution in [3.63, 3.8) is 0 Å². The fourth-order valence-corrected chi connectivity index (χ4v) is 5.03. The van der Waals surface area contributed by atoms with Crippen molar-refractivity contribution in [2.45, 2.75) is 50.3 Å². The molecule has 1 rings (SSSR count). The smallest absolute Gasteiger partial charge is 0.252 e. The van der Waals surface area contributed by atoms with E-state index in [1.165, 1.54) is 0 Å². The molecule has 20 heavy (non-hydrogen) atoms. The van der Waals surface area contributed by atoms with Gasteiger partial charge in [-0.05, 0) is 31.9 Å². The summed E-state index contributed by atoms with van der Waals surface area (Å²) in [5.74, 6) is 0. The maximum absolute atomic E-state index is 12.7. The molecule has 0 aliphatic rings. The van der Waals surface area contributed by atoms with Gasteiger partial charge in [0.05, 0.1) is 4.88 Å². The average molecular weight is 335 g/mol. The van der Waals surface area contributed by atoms with Crippen molar-refractivity contribution in [3.8, 4) is 0 Å². The summed E-state index contributed by atoms with van der Waals surface area (Å²) in [4.78, 5) is 0.873. The summed E-state index contributed by atoms with van der Waals surface area (Å²) in [6, 6.07) is 3.26. The summed E-state index contributed by atoms with van der Waals surface area (Å²) in [5, 5.41) is 0. The lowest BCUT2D eigenvalue weighted by atomic mass is 10.2. The second-order valence-corrected chi connectivity index (χ2v) is 8.35. The molecule has 0 fully saturated rings. The van der Waals surface area contributed by atoms with Crippen LogP contribution in [0.3, 0.4) is 0 Å². The fourth-order valence-electron chi connectivity index (χ4n) is 1.80. The standard InChI is InChI=1S/C13H22N2O2S3/c1-4-6-9-15(10(3)5-2)20(16,17)12-8-7-11(19-12)13(14)18/h7-8,10H,4-6,9H2,1-3H3,(H2,14,18). The van der Waals surface area contributed by atoms with Gasteiger partial charge in [0.2, 0.25) is 0 Å². The first kappa shape index (κ1) is 17.6. The van der Waals surface area contributed by atoms with Crippen LogP contribution in [0.2, 0.25) is 0 Å². The van der Waals surface area contributed by atoms with Gasteiger partial charge in [-0.1, -0.05) is 32.5 Å². The highest BCUT2D eigenvalue weighted by atomic mass is 32.2. The van der Waals surface area contributed by atoms with Crippen molar-refractivity contribution in [3.05, 3.63) is 17.0 Å². The van der Waals surface area contributed by atoms with Crippen LogP contribution in [0.15, 0.2) is 16.3 Å². The van der Waals surface area contributed by atoms with Crippen LogP contribution in [0.5, 0.6) is 0 Å². The van der Waals surface area contributed by atoms with Crippen molar-refractivity contribution in [2.24, 2.45) is 5.73 Å². The van der Waals surface area contributed by atoms with Crippen LogP contribution in [-0.2, 0) is 10.0 Å². The molecule has 0 aliphatic carbocycles. The first-order chi connectivity index (χ1) is 9.34. The van der Waals surface area contributed by atoms with Gasteiger partial charge in [-0.3, -0.25) is 0 Å². The minimum Gasteiger partial charge on any atom is -0.389 e. The quantitative estimate of drug-likeness (QED) is 0.742. The lowest BCUT2D eigenvalue weighted by molar-refractivity contribution is 0.325. The van der Waals surface area contributed by atoms with Gasteiger partial charge in [-0.25, -0.2) is 8.42 Å². The molecule has 1 aromatic heterocycles. The highest BCUT2D eigenvalue weighted by molar-refractivity contribution is 7.91. The molecule has 1 aromatic rings. The zero-order chi connectivity index (χ0) is 15.3. The largest absolute Gasteiger partial charge is 0.389 e. The second kappa shape index (κ2) is 7.49. The maximum atomic E-state index is 12.7. The minimum atomic E-state index is -3.46. The topological polar surface area (TPSA) is 63.4 Å². The highest BCUT2D eigenvalue weighted by Crippen LogP contribution is 2.27. The van der Waals surface area contributed by atoms with E-state index in [2.05, 4.69) is 6.92 Å². The maximum Gasteiger partial charge on any atom is 0.252 e. The Balaban J connectivity index is 3.10. The molecule has 0 saturated heterocycles. The van der Waals surface area contributed by atoms with E-state index in [-0.39, 0.29) is 11.0 Å². The molecular formula is C13H22N2O2S3. The van der Waals surface area contributed by atoms with Gasteiger partial charge >= 0.3 is 0 Å². The average Bonchev–Trinajstić information content (AvgIpc) is 2.89.